The molecule has 0 amide bonds. The molecule has 0 rings (SSSR count). The minimum Gasteiger partial charge on any atom is -0.355 e. The highest BCUT2D eigenvalue weighted by Crippen LogP contribution is 1.60. The standard InChI is InChI=1S/C4H11N3O/c1-3-6-4(5-2)7-8/h8H,3H2,1-2H3,(H2,5,6,7). The Bertz CT molecular complexity index is 81.4. The minimum atomic E-state index is 0.396. The van der Waals surface area contributed by atoms with Gasteiger partial charge < -0.3 is 5.32 Å². The number of hydrogen-bond donors (Lipinski definition) is 3. The van der Waals surface area contributed by atoms with E-state index in [4.69, 9.17) is 5.21 Å². The van der Waals surface area contributed by atoms with Gasteiger partial charge in [-0.15, -0.1) is 0 Å². The van der Waals surface area contributed by atoms with Gasteiger partial charge in [0.05, 0.1) is 0 Å². The fourth-order valence-electron chi connectivity index (χ4n) is 0.336. The van der Waals surface area contributed by atoms with Crippen molar-refractivity contribution in [2.45, 2.75) is 6.92 Å². The predicted octanol–water partition coefficient (Wildman–Crippen LogP) is -0.440. The van der Waals surface area contributed by atoms with Crippen molar-refractivity contribution in [2.75, 3.05) is 13.6 Å². The monoisotopic (exact) mass is 117 g/mol. The zero-order valence-electron chi connectivity index (χ0n) is 5.10. The Morgan fingerprint density at radius 1 is 1.75 bits per heavy atom. The Hall–Kier alpha value is -0.770. The van der Waals surface area contributed by atoms with Crippen LogP contribution in [0.1, 0.15) is 6.92 Å². The molecule has 0 saturated carbocycles. The van der Waals surface area contributed by atoms with Gasteiger partial charge in [0.1, 0.15) is 0 Å². The lowest BCUT2D eigenvalue weighted by Gasteiger charge is -2.01. The van der Waals surface area contributed by atoms with Crippen molar-refractivity contribution in [3.63, 3.8) is 0 Å². The molecule has 0 atom stereocenters. The number of nitrogens with zero attached hydrogens (tertiary/aromatic N) is 1. The summed E-state index contributed by atoms with van der Waals surface area (Å²) in [6.07, 6.45) is 0. The topological polar surface area (TPSA) is 56.7 Å². The van der Waals surface area contributed by atoms with E-state index in [0.29, 0.717) is 5.96 Å². The molecular weight excluding hydrogens is 106 g/mol. The van der Waals surface area contributed by atoms with E-state index in [-0.39, 0.29) is 0 Å². The fraction of sp³-hybridized carbons (Fsp3) is 0.750. The molecule has 0 spiro atoms. The van der Waals surface area contributed by atoms with Crippen molar-refractivity contribution in [3.05, 3.63) is 0 Å². The van der Waals surface area contributed by atoms with Crippen LogP contribution in [-0.2, 0) is 0 Å². The second kappa shape index (κ2) is 4.39. The van der Waals surface area contributed by atoms with Gasteiger partial charge in [0, 0.05) is 13.6 Å². The van der Waals surface area contributed by atoms with Crippen LogP contribution in [-0.4, -0.2) is 24.8 Å². The zero-order valence-corrected chi connectivity index (χ0v) is 5.10. The van der Waals surface area contributed by atoms with E-state index in [1.54, 1.807) is 7.05 Å². The highest BCUT2D eigenvalue weighted by molar-refractivity contribution is 5.78. The van der Waals surface area contributed by atoms with E-state index >= 15 is 0 Å². The first-order valence-corrected chi connectivity index (χ1v) is 2.46. The second-order valence-electron chi connectivity index (χ2n) is 1.21. The van der Waals surface area contributed by atoms with E-state index < -0.39 is 0 Å². The van der Waals surface area contributed by atoms with Crippen molar-refractivity contribution in [1.82, 2.24) is 10.8 Å². The average Bonchev–Trinajstić information content (AvgIpc) is 1.83. The van der Waals surface area contributed by atoms with Crippen LogP contribution >= 0.6 is 0 Å². The smallest absolute Gasteiger partial charge is 0.215 e. The Balaban J connectivity index is 3.38. The molecule has 0 bridgehead atoms. The first kappa shape index (κ1) is 7.23. The lowest BCUT2D eigenvalue weighted by Crippen LogP contribution is -2.34. The van der Waals surface area contributed by atoms with Crippen molar-refractivity contribution in [1.29, 1.82) is 0 Å². The summed E-state index contributed by atoms with van der Waals surface area (Å²) in [7, 11) is 1.58. The van der Waals surface area contributed by atoms with Crippen LogP contribution in [0.4, 0.5) is 0 Å². The molecular formula is C4H11N3O. The summed E-state index contributed by atoms with van der Waals surface area (Å²) in [5.41, 5.74) is 1.89. The van der Waals surface area contributed by atoms with E-state index in [2.05, 4.69) is 10.3 Å². The number of hydroxylamine groups is 1. The van der Waals surface area contributed by atoms with Crippen LogP contribution in [0.15, 0.2) is 4.99 Å². The number of aliphatic imine (C=N–C) groups is 1. The van der Waals surface area contributed by atoms with Crippen LogP contribution < -0.4 is 10.8 Å². The quantitative estimate of drug-likeness (QED) is 0.248. The summed E-state index contributed by atoms with van der Waals surface area (Å²) in [6.45, 7) is 2.67. The molecule has 3 N–H and O–H groups in total. The molecule has 48 valence electrons. The number of nitrogens with one attached hydrogen (secondary N) is 2. The van der Waals surface area contributed by atoms with Crippen molar-refractivity contribution >= 4 is 5.96 Å². The maximum Gasteiger partial charge on any atom is 0.215 e. The molecule has 4 nitrogen and oxygen atoms in total. The van der Waals surface area contributed by atoms with Gasteiger partial charge in [-0.05, 0) is 6.92 Å². The van der Waals surface area contributed by atoms with Gasteiger partial charge in [0.25, 0.3) is 0 Å². The van der Waals surface area contributed by atoms with Crippen molar-refractivity contribution in [3.8, 4) is 0 Å². The number of rotatable bonds is 1. The summed E-state index contributed by atoms with van der Waals surface area (Å²) in [6, 6.07) is 0. The summed E-state index contributed by atoms with van der Waals surface area (Å²) in [5.74, 6) is 0.396. The summed E-state index contributed by atoms with van der Waals surface area (Å²) in [5, 5.41) is 11.0. The first-order valence-electron chi connectivity index (χ1n) is 2.46. The highest BCUT2D eigenvalue weighted by Gasteiger charge is 1.85. The van der Waals surface area contributed by atoms with Gasteiger partial charge in [0.15, 0.2) is 0 Å². The van der Waals surface area contributed by atoms with Crippen LogP contribution in [0.2, 0.25) is 0 Å². The van der Waals surface area contributed by atoms with E-state index in [9.17, 15) is 0 Å². The Morgan fingerprint density at radius 3 is 2.50 bits per heavy atom. The maximum atomic E-state index is 8.21. The molecule has 0 unspecified atom stereocenters. The molecule has 0 aliphatic rings. The molecule has 0 aromatic carbocycles. The van der Waals surface area contributed by atoms with Crippen LogP contribution in [0, 0.1) is 0 Å². The van der Waals surface area contributed by atoms with Crippen LogP contribution in [0.3, 0.4) is 0 Å². The first-order chi connectivity index (χ1) is 3.85. The molecule has 0 heterocycles. The predicted molar refractivity (Wildman–Crippen MR) is 32.0 cm³/mol. The van der Waals surface area contributed by atoms with Gasteiger partial charge in [0.2, 0.25) is 5.96 Å². The van der Waals surface area contributed by atoms with E-state index in [1.807, 2.05) is 12.4 Å². The summed E-state index contributed by atoms with van der Waals surface area (Å²) < 4.78 is 0. The van der Waals surface area contributed by atoms with Gasteiger partial charge in [-0.1, -0.05) is 0 Å². The van der Waals surface area contributed by atoms with Crippen LogP contribution in [0.25, 0.3) is 0 Å². The molecule has 0 saturated heterocycles. The Morgan fingerprint density at radius 2 is 2.38 bits per heavy atom. The molecule has 0 radical (unpaired) electrons. The third kappa shape index (κ3) is 2.41. The molecule has 0 aliphatic heterocycles. The van der Waals surface area contributed by atoms with Gasteiger partial charge in [-0.2, -0.15) is 0 Å². The lowest BCUT2D eigenvalue weighted by molar-refractivity contribution is 0.229. The molecule has 0 aromatic rings. The normalized spacial score (nSPS) is 11.1. The summed E-state index contributed by atoms with van der Waals surface area (Å²) in [4.78, 5) is 3.64. The Labute approximate surface area is 48.6 Å². The van der Waals surface area contributed by atoms with E-state index in [0.717, 1.165) is 6.54 Å². The van der Waals surface area contributed by atoms with Gasteiger partial charge >= 0.3 is 0 Å². The lowest BCUT2D eigenvalue weighted by atomic mass is 10.7. The third-order valence-corrected chi connectivity index (χ3v) is 0.674. The van der Waals surface area contributed by atoms with Gasteiger partial charge in [-0.25, -0.2) is 5.48 Å². The molecule has 4 heteroatoms. The highest BCUT2D eigenvalue weighted by atomic mass is 16.5. The maximum absolute atomic E-state index is 8.21. The Kier molecular flexibility index (Phi) is 3.97. The van der Waals surface area contributed by atoms with Gasteiger partial charge in [-0.3, -0.25) is 10.2 Å². The summed E-state index contributed by atoms with van der Waals surface area (Å²) >= 11 is 0. The SMILES string of the molecule is CCNC(=NC)NO. The average molecular weight is 117 g/mol. The van der Waals surface area contributed by atoms with Crippen molar-refractivity contribution in [2.24, 2.45) is 4.99 Å². The number of guanidine groups is 1. The van der Waals surface area contributed by atoms with Crippen molar-refractivity contribution < 1.29 is 5.21 Å². The second-order valence-corrected chi connectivity index (χ2v) is 1.21. The van der Waals surface area contributed by atoms with Crippen LogP contribution in [0.5, 0.6) is 0 Å². The minimum absolute atomic E-state index is 0.396. The zero-order chi connectivity index (χ0) is 6.41. The van der Waals surface area contributed by atoms with E-state index in [1.165, 1.54) is 0 Å². The molecule has 0 aliphatic carbocycles. The fourth-order valence-corrected chi connectivity index (χ4v) is 0.336. The third-order valence-electron chi connectivity index (χ3n) is 0.674. The molecule has 0 fully saturated rings. The largest absolute Gasteiger partial charge is 0.355 e. The molecule has 0 aromatic heterocycles. The number of hydrogen-bond acceptors (Lipinski definition) is 2. The molecule has 8 heavy (non-hydrogen) atoms.